The summed E-state index contributed by atoms with van der Waals surface area (Å²) in [5.74, 6) is -0.407. The van der Waals surface area contributed by atoms with Crippen molar-refractivity contribution in [1.82, 2.24) is 10.3 Å². The van der Waals surface area contributed by atoms with Crippen molar-refractivity contribution in [2.75, 3.05) is 5.32 Å². The smallest absolute Gasteiger partial charge is 0.405 e. The number of nitrogens with zero attached hydrogens (tertiary/aromatic N) is 1. The van der Waals surface area contributed by atoms with Gasteiger partial charge < -0.3 is 15.7 Å². The zero-order valence-electron chi connectivity index (χ0n) is 12.1. The Morgan fingerprint density at radius 3 is 2.55 bits per heavy atom. The summed E-state index contributed by atoms with van der Waals surface area (Å²) in [5.41, 5.74) is 2.48. The number of benzene rings is 1. The van der Waals surface area contributed by atoms with Crippen molar-refractivity contribution >= 4 is 17.7 Å². The van der Waals surface area contributed by atoms with E-state index in [1.165, 1.54) is 0 Å². The van der Waals surface area contributed by atoms with Gasteiger partial charge in [-0.2, -0.15) is 0 Å². The summed E-state index contributed by atoms with van der Waals surface area (Å²) in [6.07, 6.45) is 2.22. The maximum atomic E-state index is 12.3. The Morgan fingerprint density at radius 1 is 1.23 bits per heavy atom. The topological polar surface area (TPSA) is 91.3 Å². The Morgan fingerprint density at radius 2 is 1.95 bits per heavy atom. The second kappa shape index (κ2) is 7.21. The molecule has 0 aliphatic carbocycles. The molecule has 0 fully saturated rings. The number of rotatable bonds is 5. The van der Waals surface area contributed by atoms with Gasteiger partial charge in [0.2, 0.25) is 5.91 Å². The van der Waals surface area contributed by atoms with Crippen molar-refractivity contribution < 1.29 is 14.7 Å². The fourth-order valence-electron chi connectivity index (χ4n) is 1.98. The lowest BCUT2D eigenvalue weighted by Crippen LogP contribution is -2.44. The van der Waals surface area contributed by atoms with Gasteiger partial charge >= 0.3 is 6.09 Å². The van der Waals surface area contributed by atoms with Crippen molar-refractivity contribution in [3.63, 3.8) is 0 Å². The fraction of sp³-hybridized carbons (Fsp3) is 0.188. The molecule has 1 atom stereocenters. The van der Waals surface area contributed by atoms with Crippen LogP contribution in [0.3, 0.4) is 0 Å². The summed E-state index contributed by atoms with van der Waals surface area (Å²) in [5, 5.41) is 13.9. The number of pyridine rings is 1. The number of amides is 2. The second-order valence-electron chi connectivity index (χ2n) is 4.92. The first-order valence-corrected chi connectivity index (χ1v) is 6.80. The van der Waals surface area contributed by atoms with Crippen LogP contribution in [0, 0.1) is 6.92 Å². The monoisotopic (exact) mass is 299 g/mol. The molecule has 0 aliphatic heterocycles. The van der Waals surface area contributed by atoms with Gasteiger partial charge in [0.1, 0.15) is 6.04 Å². The van der Waals surface area contributed by atoms with Crippen LogP contribution < -0.4 is 10.6 Å². The van der Waals surface area contributed by atoms with Crippen LogP contribution in [-0.4, -0.2) is 28.1 Å². The number of hydrogen-bond acceptors (Lipinski definition) is 3. The van der Waals surface area contributed by atoms with Gasteiger partial charge in [-0.15, -0.1) is 0 Å². The van der Waals surface area contributed by atoms with Crippen molar-refractivity contribution in [1.29, 1.82) is 0 Å². The molecule has 1 heterocycles. The molecule has 114 valence electrons. The zero-order valence-corrected chi connectivity index (χ0v) is 12.1. The molecule has 3 N–H and O–H groups in total. The standard InChI is InChI=1S/C16H17N3O3/c1-11-4-6-13(7-5-11)18-15(20)14(19-16(21)22)9-12-3-2-8-17-10-12/h2-8,10,14,19H,9H2,1H3,(H,18,20)(H,21,22)/t14-/m0/s1. The molecule has 0 radical (unpaired) electrons. The normalized spacial score (nSPS) is 11.5. The first-order chi connectivity index (χ1) is 10.5. The van der Waals surface area contributed by atoms with Crippen LogP contribution in [0.4, 0.5) is 10.5 Å². The van der Waals surface area contributed by atoms with Crippen LogP contribution >= 0.6 is 0 Å². The lowest BCUT2D eigenvalue weighted by atomic mass is 10.1. The number of carbonyl (C=O) groups is 2. The van der Waals surface area contributed by atoms with Crippen LogP contribution in [0.25, 0.3) is 0 Å². The van der Waals surface area contributed by atoms with Gasteiger partial charge in [0.25, 0.3) is 0 Å². The van der Waals surface area contributed by atoms with Crippen LogP contribution in [0.5, 0.6) is 0 Å². The summed E-state index contributed by atoms with van der Waals surface area (Å²) in [4.78, 5) is 27.1. The second-order valence-corrected chi connectivity index (χ2v) is 4.92. The summed E-state index contributed by atoms with van der Waals surface area (Å²) < 4.78 is 0. The minimum atomic E-state index is -1.24. The van der Waals surface area contributed by atoms with Gasteiger partial charge in [-0.1, -0.05) is 23.8 Å². The number of carboxylic acid groups (broad SMARTS) is 1. The Labute approximate surface area is 128 Å². The van der Waals surface area contributed by atoms with E-state index < -0.39 is 18.0 Å². The number of aromatic nitrogens is 1. The van der Waals surface area contributed by atoms with E-state index in [-0.39, 0.29) is 6.42 Å². The highest BCUT2D eigenvalue weighted by Gasteiger charge is 2.21. The SMILES string of the molecule is Cc1ccc(NC(=O)[C@H](Cc2cccnc2)NC(=O)O)cc1. The molecule has 0 saturated carbocycles. The number of aryl methyl sites for hydroxylation is 1. The molecule has 2 aromatic rings. The molecule has 6 heteroatoms. The lowest BCUT2D eigenvalue weighted by molar-refractivity contribution is -0.118. The Bertz CT molecular complexity index is 641. The summed E-state index contributed by atoms with van der Waals surface area (Å²) in [7, 11) is 0. The van der Waals surface area contributed by atoms with Gasteiger partial charge in [0.05, 0.1) is 0 Å². The number of carbonyl (C=O) groups excluding carboxylic acids is 1. The van der Waals surface area contributed by atoms with Gasteiger partial charge in [0.15, 0.2) is 0 Å². The van der Waals surface area contributed by atoms with E-state index in [9.17, 15) is 9.59 Å². The third-order valence-corrected chi connectivity index (χ3v) is 3.10. The quantitative estimate of drug-likeness (QED) is 0.789. The summed E-state index contributed by atoms with van der Waals surface area (Å²) in [6, 6.07) is 9.94. The molecular formula is C16H17N3O3. The number of nitrogens with one attached hydrogen (secondary N) is 2. The molecule has 0 bridgehead atoms. The van der Waals surface area contributed by atoms with Gasteiger partial charge in [0, 0.05) is 24.5 Å². The third kappa shape index (κ3) is 4.59. The van der Waals surface area contributed by atoms with E-state index in [0.717, 1.165) is 11.1 Å². The molecule has 0 unspecified atom stereocenters. The van der Waals surface area contributed by atoms with Crippen LogP contribution in [0.15, 0.2) is 48.8 Å². The first-order valence-electron chi connectivity index (χ1n) is 6.80. The summed E-state index contributed by atoms with van der Waals surface area (Å²) >= 11 is 0. The number of anilines is 1. The van der Waals surface area contributed by atoms with E-state index >= 15 is 0 Å². The van der Waals surface area contributed by atoms with Crippen molar-refractivity contribution in [2.45, 2.75) is 19.4 Å². The highest BCUT2D eigenvalue weighted by Crippen LogP contribution is 2.10. The molecular weight excluding hydrogens is 282 g/mol. The lowest BCUT2D eigenvalue weighted by Gasteiger charge is -2.16. The predicted molar refractivity (Wildman–Crippen MR) is 82.7 cm³/mol. The molecule has 0 spiro atoms. The van der Waals surface area contributed by atoms with Crippen LogP contribution in [0.1, 0.15) is 11.1 Å². The first kappa shape index (κ1) is 15.5. The molecule has 2 rings (SSSR count). The molecule has 0 saturated heterocycles. The highest BCUT2D eigenvalue weighted by atomic mass is 16.4. The molecule has 2 amide bonds. The molecule has 22 heavy (non-hydrogen) atoms. The molecule has 1 aromatic heterocycles. The Hall–Kier alpha value is -2.89. The van der Waals surface area contributed by atoms with E-state index in [0.29, 0.717) is 5.69 Å². The highest BCUT2D eigenvalue weighted by molar-refractivity contribution is 5.96. The largest absolute Gasteiger partial charge is 0.465 e. The zero-order chi connectivity index (χ0) is 15.9. The average molecular weight is 299 g/mol. The van der Waals surface area contributed by atoms with Crippen LogP contribution in [-0.2, 0) is 11.2 Å². The third-order valence-electron chi connectivity index (χ3n) is 3.10. The maximum Gasteiger partial charge on any atom is 0.405 e. The van der Waals surface area contributed by atoms with E-state index in [1.54, 1.807) is 36.7 Å². The average Bonchev–Trinajstić information content (AvgIpc) is 2.49. The Kier molecular flexibility index (Phi) is 5.08. The van der Waals surface area contributed by atoms with E-state index in [1.807, 2.05) is 19.1 Å². The predicted octanol–water partition coefficient (Wildman–Crippen LogP) is 2.21. The van der Waals surface area contributed by atoms with Crippen molar-refractivity contribution in [3.8, 4) is 0 Å². The molecule has 0 aliphatic rings. The van der Waals surface area contributed by atoms with Gasteiger partial charge in [-0.05, 0) is 30.7 Å². The van der Waals surface area contributed by atoms with E-state index in [4.69, 9.17) is 5.11 Å². The van der Waals surface area contributed by atoms with Crippen LogP contribution in [0.2, 0.25) is 0 Å². The molecule has 6 nitrogen and oxygen atoms in total. The van der Waals surface area contributed by atoms with Gasteiger partial charge in [-0.3, -0.25) is 9.78 Å². The van der Waals surface area contributed by atoms with Crippen molar-refractivity contribution in [3.05, 3.63) is 59.9 Å². The minimum absolute atomic E-state index is 0.234. The van der Waals surface area contributed by atoms with E-state index in [2.05, 4.69) is 15.6 Å². The molecule has 1 aromatic carbocycles. The Balaban J connectivity index is 2.08. The minimum Gasteiger partial charge on any atom is -0.465 e. The fourth-order valence-corrected chi connectivity index (χ4v) is 1.98. The summed E-state index contributed by atoms with van der Waals surface area (Å²) in [6.45, 7) is 1.95. The number of hydrogen-bond donors (Lipinski definition) is 3. The maximum absolute atomic E-state index is 12.3. The van der Waals surface area contributed by atoms with Crippen molar-refractivity contribution in [2.24, 2.45) is 0 Å². The van der Waals surface area contributed by atoms with Gasteiger partial charge in [-0.25, -0.2) is 4.79 Å².